The number of rotatable bonds is 6. The lowest BCUT2D eigenvalue weighted by Crippen LogP contribution is -2.38. The molecule has 0 heterocycles. The molecule has 0 aromatic heterocycles. The van der Waals surface area contributed by atoms with Gasteiger partial charge in [-0.15, -0.1) is 0 Å². The smallest absolute Gasteiger partial charge is 0.220 e. The molecule has 0 saturated carbocycles. The Morgan fingerprint density at radius 3 is 2.79 bits per heavy atom. The van der Waals surface area contributed by atoms with E-state index in [-0.39, 0.29) is 23.6 Å². The zero-order valence-electron chi connectivity index (χ0n) is 11.3. The van der Waals surface area contributed by atoms with Gasteiger partial charge in [0.15, 0.2) is 0 Å². The Morgan fingerprint density at radius 1 is 1.47 bits per heavy atom. The van der Waals surface area contributed by atoms with Crippen molar-refractivity contribution in [3.05, 3.63) is 34.1 Å². The van der Waals surface area contributed by atoms with Crippen molar-refractivity contribution in [1.82, 2.24) is 5.32 Å². The van der Waals surface area contributed by atoms with Crippen LogP contribution in [-0.4, -0.2) is 19.0 Å². The average Bonchev–Trinajstić information content (AvgIpc) is 2.37. The van der Waals surface area contributed by atoms with Crippen LogP contribution in [0.2, 0.25) is 0 Å². The second-order valence-electron chi connectivity index (χ2n) is 5.38. The molecule has 0 saturated heterocycles. The van der Waals surface area contributed by atoms with Crippen LogP contribution < -0.4 is 11.1 Å². The van der Waals surface area contributed by atoms with E-state index in [0.29, 0.717) is 25.1 Å². The molecular formula is C14H20BrFN2O. The predicted octanol–water partition coefficient (Wildman–Crippen LogP) is 2.62. The van der Waals surface area contributed by atoms with Crippen LogP contribution >= 0.6 is 15.9 Å². The van der Waals surface area contributed by atoms with Crippen molar-refractivity contribution in [1.29, 1.82) is 0 Å². The topological polar surface area (TPSA) is 55.1 Å². The molecule has 0 aliphatic heterocycles. The van der Waals surface area contributed by atoms with Crippen molar-refractivity contribution in [2.75, 3.05) is 13.1 Å². The minimum absolute atomic E-state index is 0.0825. The van der Waals surface area contributed by atoms with Gasteiger partial charge in [0.1, 0.15) is 5.82 Å². The van der Waals surface area contributed by atoms with Crippen molar-refractivity contribution in [3.8, 4) is 0 Å². The molecule has 0 unspecified atom stereocenters. The summed E-state index contributed by atoms with van der Waals surface area (Å²) in [7, 11) is 0. The quantitative estimate of drug-likeness (QED) is 0.842. The molecule has 1 rings (SSSR count). The fraction of sp³-hybridized carbons (Fsp3) is 0.500. The second kappa shape index (κ2) is 7.01. The monoisotopic (exact) mass is 330 g/mol. The molecule has 0 aliphatic rings. The summed E-state index contributed by atoms with van der Waals surface area (Å²) >= 11 is 3.29. The Balaban J connectivity index is 2.44. The Morgan fingerprint density at radius 2 is 2.16 bits per heavy atom. The van der Waals surface area contributed by atoms with Crippen LogP contribution in [0.4, 0.5) is 4.39 Å². The molecule has 0 atom stereocenters. The number of amides is 1. The standard InChI is InChI=1S/C14H20BrFN2O/c1-14(2,8-17)9-18-13(19)6-3-10-7-11(15)4-5-12(10)16/h4-5,7H,3,6,8-9,17H2,1-2H3,(H,18,19). The first kappa shape index (κ1) is 16.1. The minimum Gasteiger partial charge on any atom is -0.356 e. The molecule has 106 valence electrons. The van der Waals surface area contributed by atoms with Crippen molar-refractivity contribution in [2.45, 2.75) is 26.7 Å². The SMILES string of the molecule is CC(C)(CN)CNC(=O)CCc1cc(Br)ccc1F. The van der Waals surface area contributed by atoms with E-state index in [1.54, 1.807) is 12.1 Å². The third-order valence-corrected chi connectivity index (χ3v) is 3.44. The lowest BCUT2D eigenvalue weighted by Gasteiger charge is -2.22. The van der Waals surface area contributed by atoms with E-state index in [2.05, 4.69) is 21.2 Å². The van der Waals surface area contributed by atoms with Crippen molar-refractivity contribution < 1.29 is 9.18 Å². The zero-order chi connectivity index (χ0) is 14.5. The summed E-state index contributed by atoms with van der Waals surface area (Å²) in [5.74, 6) is -0.362. The van der Waals surface area contributed by atoms with Gasteiger partial charge < -0.3 is 11.1 Å². The molecule has 1 aromatic rings. The molecular weight excluding hydrogens is 311 g/mol. The highest BCUT2D eigenvalue weighted by molar-refractivity contribution is 9.10. The fourth-order valence-electron chi connectivity index (χ4n) is 1.48. The number of carbonyl (C=O) groups is 1. The first-order chi connectivity index (χ1) is 8.84. The molecule has 1 aromatic carbocycles. The highest BCUT2D eigenvalue weighted by Crippen LogP contribution is 2.17. The van der Waals surface area contributed by atoms with E-state index in [9.17, 15) is 9.18 Å². The summed E-state index contributed by atoms with van der Waals surface area (Å²) in [5.41, 5.74) is 6.02. The van der Waals surface area contributed by atoms with E-state index in [1.807, 2.05) is 13.8 Å². The predicted molar refractivity (Wildman–Crippen MR) is 78.3 cm³/mol. The zero-order valence-corrected chi connectivity index (χ0v) is 12.9. The highest BCUT2D eigenvalue weighted by atomic mass is 79.9. The Labute approximate surface area is 121 Å². The number of hydrogen-bond acceptors (Lipinski definition) is 2. The maximum absolute atomic E-state index is 13.5. The first-order valence-corrected chi connectivity index (χ1v) is 7.04. The second-order valence-corrected chi connectivity index (χ2v) is 6.30. The first-order valence-electron chi connectivity index (χ1n) is 6.25. The number of aryl methyl sites for hydroxylation is 1. The molecule has 5 heteroatoms. The molecule has 1 amide bonds. The van der Waals surface area contributed by atoms with E-state index < -0.39 is 0 Å². The highest BCUT2D eigenvalue weighted by Gasteiger charge is 2.16. The summed E-state index contributed by atoms with van der Waals surface area (Å²) in [6.07, 6.45) is 0.661. The fourth-order valence-corrected chi connectivity index (χ4v) is 1.89. The molecule has 3 nitrogen and oxygen atoms in total. The summed E-state index contributed by atoms with van der Waals surface area (Å²) in [6, 6.07) is 4.74. The number of nitrogens with two attached hydrogens (primary N) is 1. The number of halogens is 2. The normalized spacial score (nSPS) is 11.4. The van der Waals surface area contributed by atoms with Crippen LogP contribution in [0.3, 0.4) is 0 Å². The van der Waals surface area contributed by atoms with Gasteiger partial charge in [-0.2, -0.15) is 0 Å². The third kappa shape index (κ3) is 5.70. The van der Waals surface area contributed by atoms with Crippen LogP contribution in [0.1, 0.15) is 25.8 Å². The summed E-state index contributed by atoms with van der Waals surface area (Å²) in [5, 5.41) is 2.83. The summed E-state index contributed by atoms with van der Waals surface area (Å²) in [6.45, 7) is 5.01. The van der Waals surface area contributed by atoms with E-state index >= 15 is 0 Å². The van der Waals surface area contributed by atoms with Crippen LogP contribution in [-0.2, 0) is 11.2 Å². The molecule has 0 bridgehead atoms. The Hall–Kier alpha value is -0.940. The lowest BCUT2D eigenvalue weighted by molar-refractivity contribution is -0.121. The van der Waals surface area contributed by atoms with Gasteiger partial charge in [0.2, 0.25) is 5.91 Å². The van der Waals surface area contributed by atoms with Gasteiger partial charge >= 0.3 is 0 Å². The van der Waals surface area contributed by atoms with Crippen LogP contribution in [0.15, 0.2) is 22.7 Å². The summed E-state index contributed by atoms with van der Waals surface area (Å²) < 4.78 is 14.3. The van der Waals surface area contributed by atoms with Gasteiger partial charge in [0.25, 0.3) is 0 Å². The van der Waals surface area contributed by atoms with E-state index in [1.165, 1.54) is 6.07 Å². The van der Waals surface area contributed by atoms with E-state index in [4.69, 9.17) is 5.73 Å². The van der Waals surface area contributed by atoms with Crippen LogP contribution in [0.5, 0.6) is 0 Å². The van der Waals surface area contributed by atoms with Gasteiger partial charge in [0.05, 0.1) is 0 Å². The van der Waals surface area contributed by atoms with Crippen LogP contribution in [0.25, 0.3) is 0 Å². The number of nitrogens with one attached hydrogen (secondary N) is 1. The molecule has 0 radical (unpaired) electrons. The summed E-state index contributed by atoms with van der Waals surface area (Å²) in [4.78, 5) is 11.7. The van der Waals surface area contributed by atoms with Gasteiger partial charge in [-0.1, -0.05) is 29.8 Å². The minimum atomic E-state index is -0.279. The van der Waals surface area contributed by atoms with Gasteiger partial charge in [0, 0.05) is 17.4 Å². The molecule has 3 N–H and O–H groups in total. The maximum Gasteiger partial charge on any atom is 0.220 e. The lowest BCUT2D eigenvalue weighted by atomic mass is 9.94. The van der Waals surface area contributed by atoms with Crippen LogP contribution in [0, 0.1) is 11.2 Å². The molecule has 0 spiro atoms. The number of hydrogen-bond donors (Lipinski definition) is 2. The maximum atomic E-state index is 13.5. The average molecular weight is 331 g/mol. The molecule has 19 heavy (non-hydrogen) atoms. The number of benzene rings is 1. The Kier molecular flexibility index (Phi) is 5.94. The van der Waals surface area contributed by atoms with Gasteiger partial charge in [-0.05, 0) is 42.1 Å². The number of carbonyl (C=O) groups excluding carboxylic acids is 1. The van der Waals surface area contributed by atoms with Crippen molar-refractivity contribution in [2.24, 2.45) is 11.1 Å². The third-order valence-electron chi connectivity index (χ3n) is 2.95. The van der Waals surface area contributed by atoms with E-state index in [0.717, 1.165) is 4.47 Å². The molecule has 0 fully saturated rings. The van der Waals surface area contributed by atoms with Gasteiger partial charge in [-0.25, -0.2) is 4.39 Å². The van der Waals surface area contributed by atoms with Gasteiger partial charge in [-0.3, -0.25) is 4.79 Å². The Bertz CT molecular complexity index is 449. The van der Waals surface area contributed by atoms with Crippen molar-refractivity contribution >= 4 is 21.8 Å². The largest absolute Gasteiger partial charge is 0.356 e. The molecule has 0 aliphatic carbocycles. The van der Waals surface area contributed by atoms with Crippen molar-refractivity contribution in [3.63, 3.8) is 0 Å².